The van der Waals surface area contributed by atoms with E-state index in [1.54, 1.807) is 40.6 Å². The predicted molar refractivity (Wildman–Crippen MR) is 98.8 cm³/mol. The van der Waals surface area contributed by atoms with Crippen molar-refractivity contribution in [2.24, 2.45) is 0 Å². The summed E-state index contributed by atoms with van der Waals surface area (Å²) < 4.78 is 23.5. The summed E-state index contributed by atoms with van der Waals surface area (Å²) in [4.78, 5) is 12.8. The average Bonchev–Trinajstić information content (AvgIpc) is 2.66. The molecular weight excluding hydrogens is 436 g/mol. The number of fused-ring (bicyclic) bond motifs is 1. The van der Waals surface area contributed by atoms with Crippen LogP contribution in [0.5, 0.6) is 23.0 Å². The first-order valence-corrected chi connectivity index (χ1v) is 9.86. The summed E-state index contributed by atoms with van der Waals surface area (Å²) >= 11 is -0.834. The van der Waals surface area contributed by atoms with Crippen LogP contribution in [0.2, 0.25) is 0 Å². The van der Waals surface area contributed by atoms with Crippen LogP contribution in [0, 0.1) is 0 Å². The molecule has 3 rings (SSSR count). The van der Waals surface area contributed by atoms with Crippen LogP contribution in [0.1, 0.15) is 0 Å². The molecule has 3 aromatic rings. The van der Waals surface area contributed by atoms with Crippen LogP contribution in [0.4, 0.5) is 0 Å². The molecular formula is C19H18O5Te. The molecule has 0 atom stereocenters. The van der Waals surface area contributed by atoms with Gasteiger partial charge in [0.15, 0.2) is 0 Å². The zero-order chi connectivity index (χ0) is 18.0. The fourth-order valence-electron chi connectivity index (χ4n) is 2.65. The van der Waals surface area contributed by atoms with Crippen molar-refractivity contribution < 1.29 is 18.9 Å². The maximum atomic E-state index is 12.8. The van der Waals surface area contributed by atoms with Crippen molar-refractivity contribution in [1.29, 1.82) is 0 Å². The standard InChI is InChI=1S/C19H18O5Te/c1-21-11-5-6-15(23-3)13(7-11)17-10-14(20)19-16(24-4)8-12(22-2)9-18(19)25-17/h5-10H,1-4H3. The molecule has 0 saturated carbocycles. The average molecular weight is 454 g/mol. The molecule has 5 nitrogen and oxygen atoms in total. The molecule has 0 unspecified atom stereocenters. The summed E-state index contributed by atoms with van der Waals surface area (Å²) in [6.45, 7) is 0. The van der Waals surface area contributed by atoms with Crippen molar-refractivity contribution in [1.82, 2.24) is 0 Å². The summed E-state index contributed by atoms with van der Waals surface area (Å²) in [7, 11) is 6.41. The summed E-state index contributed by atoms with van der Waals surface area (Å²) in [6.07, 6.45) is 0. The molecule has 6 heteroatoms. The Morgan fingerprint density at radius 3 is 2.12 bits per heavy atom. The van der Waals surface area contributed by atoms with Crippen LogP contribution in [0.25, 0.3) is 17.9 Å². The topological polar surface area (TPSA) is 54.0 Å². The zero-order valence-electron chi connectivity index (χ0n) is 14.4. The van der Waals surface area contributed by atoms with Gasteiger partial charge in [0, 0.05) is 0 Å². The van der Waals surface area contributed by atoms with Gasteiger partial charge in [0.05, 0.1) is 0 Å². The first-order chi connectivity index (χ1) is 12.1. The molecule has 0 aliphatic carbocycles. The van der Waals surface area contributed by atoms with Gasteiger partial charge >= 0.3 is 155 Å². The van der Waals surface area contributed by atoms with Crippen molar-refractivity contribution in [3.8, 4) is 32.1 Å². The van der Waals surface area contributed by atoms with Gasteiger partial charge in [0.25, 0.3) is 0 Å². The van der Waals surface area contributed by atoms with Crippen LogP contribution in [0.15, 0.2) is 41.2 Å². The molecule has 0 N–H and O–H groups in total. The van der Waals surface area contributed by atoms with Gasteiger partial charge in [-0.1, -0.05) is 0 Å². The van der Waals surface area contributed by atoms with Crippen LogP contribution >= 0.6 is 0 Å². The van der Waals surface area contributed by atoms with Crippen molar-refractivity contribution in [3.63, 3.8) is 0 Å². The summed E-state index contributed by atoms with van der Waals surface area (Å²) in [5.41, 5.74) is 0.829. The molecule has 130 valence electrons. The number of rotatable bonds is 5. The molecule has 0 bridgehead atoms. The van der Waals surface area contributed by atoms with E-state index in [-0.39, 0.29) is 5.43 Å². The van der Waals surface area contributed by atoms with E-state index in [2.05, 4.69) is 0 Å². The van der Waals surface area contributed by atoms with Crippen LogP contribution in [0.3, 0.4) is 0 Å². The van der Waals surface area contributed by atoms with E-state index in [9.17, 15) is 4.79 Å². The van der Waals surface area contributed by atoms with Gasteiger partial charge in [0.2, 0.25) is 0 Å². The monoisotopic (exact) mass is 456 g/mol. The zero-order valence-corrected chi connectivity index (χ0v) is 16.7. The van der Waals surface area contributed by atoms with Gasteiger partial charge in [-0.2, -0.15) is 0 Å². The van der Waals surface area contributed by atoms with E-state index >= 15 is 0 Å². The van der Waals surface area contributed by atoms with Gasteiger partial charge in [-0.25, -0.2) is 0 Å². The molecule has 0 aliphatic rings. The Bertz CT molecular complexity index is 977. The fourth-order valence-corrected chi connectivity index (χ4v) is 5.93. The number of hydrogen-bond donors (Lipinski definition) is 0. The van der Waals surface area contributed by atoms with Crippen molar-refractivity contribution >= 4 is 29.2 Å². The SMILES string of the molecule is COc1ccc(OC)c(-c2cc(=O)c3c(OC)cc(OC)cc3[te]2)c1. The predicted octanol–water partition coefficient (Wildman–Crippen LogP) is 2.96. The van der Waals surface area contributed by atoms with Gasteiger partial charge in [-0.3, -0.25) is 0 Å². The first kappa shape index (κ1) is 17.7. The van der Waals surface area contributed by atoms with E-state index in [1.807, 2.05) is 24.3 Å². The summed E-state index contributed by atoms with van der Waals surface area (Å²) in [5, 5.41) is 0.635. The molecule has 0 saturated heterocycles. The molecule has 2 aromatic carbocycles. The third-order valence-corrected chi connectivity index (χ3v) is 7.03. The Morgan fingerprint density at radius 1 is 0.760 bits per heavy atom. The quantitative estimate of drug-likeness (QED) is 0.556. The van der Waals surface area contributed by atoms with E-state index in [0.29, 0.717) is 16.9 Å². The Morgan fingerprint density at radius 2 is 1.48 bits per heavy atom. The summed E-state index contributed by atoms with van der Waals surface area (Å²) in [5.74, 6) is 2.69. The molecule has 1 heterocycles. The molecule has 0 spiro atoms. The van der Waals surface area contributed by atoms with E-state index in [4.69, 9.17) is 18.9 Å². The number of benzene rings is 2. The van der Waals surface area contributed by atoms with Gasteiger partial charge in [-0.05, 0) is 0 Å². The Hall–Kier alpha value is -2.16. The van der Waals surface area contributed by atoms with E-state index in [0.717, 1.165) is 24.0 Å². The van der Waals surface area contributed by atoms with Crippen LogP contribution < -0.4 is 24.4 Å². The van der Waals surface area contributed by atoms with Gasteiger partial charge in [0.1, 0.15) is 0 Å². The molecule has 0 amide bonds. The number of hydrogen-bond acceptors (Lipinski definition) is 5. The minimum atomic E-state index is -0.834. The van der Waals surface area contributed by atoms with E-state index in [1.165, 1.54) is 0 Å². The first-order valence-electron chi connectivity index (χ1n) is 7.53. The van der Waals surface area contributed by atoms with Gasteiger partial charge < -0.3 is 0 Å². The van der Waals surface area contributed by atoms with Crippen LogP contribution in [-0.2, 0) is 0 Å². The molecule has 25 heavy (non-hydrogen) atoms. The maximum absolute atomic E-state index is 12.8. The Kier molecular flexibility index (Phi) is 5.21. The van der Waals surface area contributed by atoms with Crippen LogP contribution in [-0.4, -0.2) is 48.9 Å². The van der Waals surface area contributed by atoms with E-state index < -0.39 is 20.4 Å². The molecule has 0 fully saturated rings. The van der Waals surface area contributed by atoms with Crippen molar-refractivity contribution in [3.05, 3.63) is 46.6 Å². The third kappa shape index (κ3) is 3.33. The normalized spacial score (nSPS) is 10.6. The number of ether oxygens (including phenoxy) is 4. The fraction of sp³-hybridized carbons (Fsp3) is 0.211. The second-order valence-electron chi connectivity index (χ2n) is 5.24. The molecule has 0 radical (unpaired) electrons. The van der Waals surface area contributed by atoms with Gasteiger partial charge in [-0.15, -0.1) is 0 Å². The molecule has 0 aliphatic heterocycles. The van der Waals surface area contributed by atoms with Crippen molar-refractivity contribution in [2.75, 3.05) is 28.4 Å². The minimum absolute atomic E-state index is 0.0641. The second kappa shape index (κ2) is 7.38. The Balaban J connectivity index is 2.30. The third-order valence-electron chi connectivity index (χ3n) is 3.90. The molecule has 1 aromatic heterocycles. The van der Waals surface area contributed by atoms with Crippen molar-refractivity contribution in [2.45, 2.75) is 0 Å². The summed E-state index contributed by atoms with van der Waals surface area (Å²) in [6, 6.07) is 11.0. The second-order valence-corrected chi connectivity index (χ2v) is 8.34. The number of methoxy groups -OCH3 is 4. The Labute approximate surface area is 155 Å².